The highest BCUT2D eigenvalue weighted by Gasteiger charge is 2.11. The van der Waals surface area contributed by atoms with Gasteiger partial charge < -0.3 is 9.79 Å². The van der Waals surface area contributed by atoms with Crippen molar-refractivity contribution in [2.45, 2.75) is 66.7 Å². The molecule has 2 N–H and O–H groups in total. The maximum atomic E-state index is 10.7. The van der Waals surface area contributed by atoms with Gasteiger partial charge in [0, 0.05) is 0 Å². The normalized spacial score (nSPS) is 13.0. The van der Waals surface area contributed by atoms with E-state index in [4.69, 9.17) is 9.79 Å². The van der Waals surface area contributed by atoms with Crippen LogP contribution in [-0.2, 0) is 9.09 Å². The Kier molecular flexibility index (Phi) is 12.0. The molecule has 0 atom stereocenters. The predicted octanol–water partition coefficient (Wildman–Crippen LogP) is 5.85. The Morgan fingerprint density at radius 2 is 1.46 bits per heavy atom. The summed E-state index contributed by atoms with van der Waals surface area (Å²) >= 11 is 0. The van der Waals surface area contributed by atoms with Crippen molar-refractivity contribution >= 4 is 7.82 Å². The molecule has 0 aliphatic rings. The van der Waals surface area contributed by atoms with E-state index in [1.54, 1.807) is 6.08 Å². The van der Waals surface area contributed by atoms with E-state index in [9.17, 15) is 4.57 Å². The zero-order valence-electron chi connectivity index (χ0n) is 15.7. The van der Waals surface area contributed by atoms with Crippen LogP contribution in [0.2, 0.25) is 0 Å². The van der Waals surface area contributed by atoms with E-state index in [1.165, 1.54) is 16.7 Å². The van der Waals surface area contributed by atoms with E-state index in [2.05, 4.69) is 43.5 Å². The third-order valence-corrected chi connectivity index (χ3v) is 3.92. The number of phosphoric acid groups is 1. The van der Waals surface area contributed by atoms with Crippen LogP contribution in [0, 0.1) is 0 Å². The molecule has 0 aliphatic carbocycles. The van der Waals surface area contributed by atoms with Crippen molar-refractivity contribution in [3.8, 4) is 0 Å². The molecular weight excluding hydrogens is 323 g/mol. The molecule has 5 heteroatoms. The molecule has 0 rings (SSSR count). The molecule has 0 amide bonds. The van der Waals surface area contributed by atoms with Gasteiger partial charge in [-0.15, -0.1) is 0 Å². The number of hydrogen-bond donors (Lipinski definition) is 2. The highest BCUT2D eigenvalue weighted by Crippen LogP contribution is 2.35. The van der Waals surface area contributed by atoms with Crippen LogP contribution in [0.3, 0.4) is 0 Å². The second-order valence-electron chi connectivity index (χ2n) is 6.54. The van der Waals surface area contributed by atoms with Crippen LogP contribution < -0.4 is 0 Å². The maximum absolute atomic E-state index is 10.7. The van der Waals surface area contributed by atoms with Crippen LogP contribution in [0.5, 0.6) is 0 Å². The average Bonchev–Trinajstić information content (AvgIpc) is 2.42. The van der Waals surface area contributed by atoms with Crippen molar-refractivity contribution in [1.82, 2.24) is 0 Å². The summed E-state index contributed by atoms with van der Waals surface area (Å²) in [6, 6.07) is 0. The quantitative estimate of drug-likeness (QED) is 0.360. The fourth-order valence-corrected chi connectivity index (χ4v) is 2.34. The molecule has 138 valence electrons. The zero-order valence-corrected chi connectivity index (χ0v) is 16.6. The summed E-state index contributed by atoms with van der Waals surface area (Å²) < 4.78 is 15.3. The third kappa shape index (κ3) is 15.9. The second kappa shape index (κ2) is 12.4. The minimum Gasteiger partial charge on any atom is -0.303 e. The van der Waals surface area contributed by atoms with E-state index in [1.807, 2.05) is 13.8 Å². The lowest BCUT2D eigenvalue weighted by atomic mass is 10.0. The summed E-state index contributed by atoms with van der Waals surface area (Å²) in [5.41, 5.74) is 5.09. The van der Waals surface area contributed by atoms with Gasteiger partial charge >= 0.3 is 7.82 Å². The van der Waals surface area contributed by atoms with Crippen LogP contribution in [0.15, 0.2) is 46.6 Å². The molecule has 0 radical (unpaired) electrons. The fourth-order valence-electron chi connectivity index (χ4n) is 2.07. The molecule has 0 spiro atoms. The molecule has 0 heterocycles. The number of hydrogen-bond acceptors (Lipinski definition) is 2. The van der Waals surface area contributed by atoms with Gasteiger partial charge in [0.15, 0.2) is 0 Å². The minimum absolute atomic E-state index is 0.0561. The first-order valence-corrected chi connectivity index (χ1v) is 9.93. The van der Waals surface area contributed by atoms with Gasteiger partial charge in [0.25, 0.3) is 0 Å². The highest BCUT2D eigenvalue weighted by atomic mass is 31.2. The molecule has 0 saturated heterocycles. The predicted molar refractivity (Wildman–Crippen MR) is 102 cm³/mol. The SMILES string of the molecule is CC(C)=CCC/C(C)=C/CC/C(=C/COP(=O)(O)O)CC=C(C)C. The van der Waals surface area contributed by atoms with Crippen LogP contribution in [0.1, 0.15) is 66.7 Å². The number of phosphoric ester groups is 1. The maximum Gasteiger partial charge on any atom is 0.469 e. The topological polar surface area (TPSA) is 66.8 Å². The van der Waals surface area contributed by atoms with E-state index < -0.39 is 7.82 Å². The highest BCUT2D eigenvalue weighted by molar-refractivity contribution is 7.46. The Bertz CT molecular complexity index is 528. The van der Waals surface area contributed by atoms with Gasteiger partial charge in [-0.1, -0.05) is 46.6 Å². The van der Waals surface area contributed by atoms with Crippen molar-refractivity contribution in [3.63, 3.8) is 0 Å². The molecule has 0 bridgehead atoms. The van der Waals surface area contributed by atoms with Gasteiger partial charge in [0.2, 0.25) is 0 Å². The lowest BCUT2D eigenvalue weighted by Crippen LogP contribution is -1.92. The lowest BCUT2D eigenvalue weighted by Gasteiger charge is -2.07. The van der Waals surface area contributed by atoms with Crippen LogP contribution >= 0.6 is 7.82 Å². The van der Waals surface area contributed by atoms with Crippen LogP contribution in [0.25, 0.3) is 0 Å². The first-order valence-electron chi connectivity index (χ1n) is 8.40. The monoisotopic (exact) mass is 356 g/mol. The first-order chi connectivity index (χ1) is 11.1. The number of rotatable bonds is 11. The van der Waals surface area contributed by atoms with Crippen molar-refractivity contribution in [1.29, 1.82) is 0 Å². The Hall–Kier alpha value is -0.930. The van der Waals surface area contributed by atoms with Gasteiger partial charge in [-0.2, -0.15) is 0 Å². The summed E-state index contributed by atoms with van der Waals surface area (Å²) in [6.45, 7) is 10.4. The summed E-state index contributed by atoms with van der Waals surface area (Å²) in [5, 5.41) is 0. The summed E-state index contributed by atoms with van der Waals surface area (Å²) in [7, 11) is -4.40. The van der Waals surface area contributed by atoms with Gasteiger partial charge in [-0.25, -0.2) is 4.57 Å². The van der Waals surface area contributed by atoms with Crippen LogP contribution in [-0.4, -0.2) is 16.4 Å². The molecule has 0 aliphatic heterocycles. The Morgan fingerprint density at radius 1 is 0.875 bits per heavy atom. The molecule has 0 aromatic heterocycles. The first kappa shape index (κ1) is 23.1. The van der Waals surface area contributed by atoms with Crippen molar-refractivity contribution in [2.24, 2.45) is 0 Å². The van der Waals surface area contributed by atoms with E-state index in [0.717, 1.165) is 37.7 Å². The summed E-state index contributed by atoms with van der Waals surface area (Å²) in [5.74, 6) is 0. The summed E-state index contributed by atoms with van der Waals surface area (Å²) in [6.07, 6.45) is 13.1. The molecule has 0 saturated carbocycles. The molecular formula is C19H33O4P. The van der Waals surface area contributed by atoms with Gasteiger partial charge in [-0.3, -0.25) is 4.52 Å². The van der Waals surface area contributed by atoms with Crippen LogP contribution in [0.4, 0.5) is 0 Å². The van der Waals surface area contributed by atoms with Crippen molar-refractivity contribution in [3.05, 3.63) is 46.6 Å². The Morgan fingerprint density at radius 3 is 2.00 bits per heavy atom. The molecule has 0 unspecified atom stereocenters. The number of allylic oxidation sites excluding steroid dienone is 7. The second-order valence-corrected chi connectivity index (χ2v) is 7.78. The van der Waals surface area contributed by atoms with Gasteiger partial charge in [0.1, 0.15) is 0 Å². The fraction of sp³-hybridized carbons (Fsp3) is 0.579. The molecule has 0 aromatic carbocycles. The molecule has 0 fully saturated rings. The van der Waals surface area contributed by atoms with Gasteiger partial charge in [0.05, 0.1) is 6.61 Å². The van der Waals surface area contributed by atoms with Crippen molar-refractivity contribution < 1.29 is 18.9 Å². The molecule has 4 nitrogen and oxygen atoms in total. The zero-order chi connectivity index (χ0) is 18.6. The Balaban J connectivity index is 4.54. The van der Waals surface area contributed by atoms with E-state index in [-0.39, 0.29) is 6.61 Å². The third-order valence-electron chi connectivity index (χ3n) is 3.44. The smallest absolute Gasteiger partial charge is 0.303 e. The van der Waals surface area contributed by atoms with E-state index >= 15 is 0 Å². The average molecular weight is 356 g/mol. The van der Waals surface area contributed by atoms with Crippen molar-refractivity contribution in [2.75, 3.05) is 6.61 Å². The Labute approximate surface area is 147 Å². The largest absolute Gasteiger partial charge is 0.469 e. The lowest BCUT2D eigenvalue weighted by molar-refractivity contribution is 0.215. The molecule has 0 aromatic rings. The summed E-state index contributed by atoms with van der Waals surface area (Å²) in [4.78, 5) is 17.5. The standard InChI is InChI=1S/C19H33O4P/c1-16(2)8-6-9-18(5)10-7-11-19(13-12-17(3)4)14-15-23-24(20,21)22/h8,10,12,14H,6-7,9,11,13,15H2,1-5H3,(H2,20,21,22)/b18-10+,19-14-. The molecule has 24 heavy (non-hydrogen) atoms. The van der Waals surface area contributed by atoms with E-state index in [0.29, 0.717) is 0 Å². The van der Waals surface area contributed by atoms with Gasteiger partial charge in [-0.05, 0) is 66.7 Å². The minimum atomic E-state index is -4.40.